The molecule has 0 unspecified atom stereocenters. The second kappa shape index (κ2) is 6.16. The van der Waals surface area contributed by atoms with E-state index < -0.39 is 0 Å². The third kappa shape index (κ3) is 3.56. The molecule has 4 nitrogen and oxygen atoms in total. The Labute approximate surface area is 110 Å². The number of thiophene rings is 1. The maximum Gasteiger partial charge on any atom is 0.320 e. The van der Waals surface area contributed by atoms with Crippen LogP contribution in [0.15, 0.2) is 36.5 Å². The van der Waals surface area contributed by atoms with Crippen molar-refractivity contribution < 1.29 is 4.79 Å². The predicted molar refractivity (Wildman–Crippen MR) is 73.8 cm³/mol. The predicted octanol–water partition coefficient (Wildman–Crippen LogP) is 3.03. The highest BCUT2D eigenvalue weighted by Crippen LogP contribution is 2.16. The van der Waals surface area contributed by atoms with Crippen molar-refractivity contribution in [2.45, 2.75) is 19.9 Å². The molecule has 2 aromatic rings. The van der Waals surface area contributed by atoms with Crippen LogP contribution in [0.25, 0.3) is 0 Å². The number of urea groups is 1. The second-order valence-corrected chi connectivity index (χ2v) is 5.00. The van der Waals surface area contributed by atoms with Crippen LogP contribution in [0.5, 0.6) is 0 Å². The van der Waals surface area contributed by atoms with Crippen LogP contribution >= 0.6 is 11.3 Å². The first-order valence-electron chi connectivity index (χ1n) is 5.81. The maximum absolute atomic E-state index is 11.6. The lowest BCUT2D eigenvalue weighted by molar-refractivity contribution is 0.252. The Kier molecular flexibility index (Phi) is 4.30. The van der Waals surface area contributed by atoms with Crippen molar-refractivity contribution in [1.29, 1.82) is 0 Å². The Morgan fingerprint density at radius 2 is 2.11 bits per heavy atom. The SMILES string of the molecule is CCc1ccc(CNC(=O)Nc2ccccn2)s1. The Bertz CT molecular complexity index is 510. The standard InChI is InChI=1S/C13H15N3OS/c1-2-10-6-7-11(18-10)9-15-13(17)16-12-5-3-4-8-14-12/h3-8H,2,9H2,1H3,(H2,14,15,16,17). The highest BCUT2D eigenvalue weighted by atomic mass is 32.1. The van der Waals surface area contributed by atoms with E-state index in [0.29, 0.717) is 12.4 Å². The van der Waals surface area contributed by atoms with Gasteiger partial charge in [-0.3, -0.25) is 5.32 Å². The molecule has 0 aliphatic heterocycles. The maximum atomic E-state index is 11.6. The molecule has 0 saturated carbocycles. The van der Waals surface area contributed by atoms with E-state index in [9.17, 15) is 4.79 Å². The van der Waals surface area contributed by atoms with Crippen LogP contribution in [0.1, 0.15) is 16.7 Å². The fourth-order valence-electron chi connectivity index (χ4n) is 1.47. The number of rotatable bonds is 4. The number of nitrogens with one attached hydrogen (secondary N) is 2. The molecule has 18 heavy (non-hydrogen) atoms. The number of nitrogens with zero attached hydrogens (tertiary/aromatic N) is 1. The van der Waals surface area contributed by atoms with E-state index in [0.717, 1.165) is 11.3 Å². The zero-order valence-electron chi connectivity index (χ0n) is 10.1. The summed E-state index contributed by atoms with van der Waals surface area (Å²) in [6, 6.07) is 9.29. The molecular weight excluding hydrogens is 246 g/mol. The third-order valence-corrected chi connectivity index (χ3v) is 3.62. The summed E-state index contributed by atoms with van der Waals surface area (Å²) in [6.07, 6.45) is 2.67. The van der Waals surface area contributed by atoms with Crippen LogP contribution in [0, 0.1) is 0 Å². The summed E-state index contributed by atoms with van der Waals surface area (Å²) in [7, 11) is 0. The van der Waals surface area contributed by atoms with Crippen LogP contribution in [0.3, 0.4) is 0 Å². The molecule has 5 heteroatoms. The minimum Gasteiger partial charge on any atom is -0.333 e. The Morgan fingerprint density at radius 3 is 2.78 bits per heavy atom. The van der Waals surface area contributed by atoms with Crippen molar-refractivity contribution in [2.75, 3.05) is 5.32 Å². The molecule has 0 spiro atoms. The number of carbonyl (C=O) groups excluding carboxylic acids is 1. The van der Waals surface area contributed by atoms with Gasteiger partial charge in [0.05, 0.1) is 6.54 Å². The Morgan fingerprint density at radius 1 is 1.28 bits per heavy atom. The Balaban J connectivity index is 1.81. The van der Waals surface area contributed by atoms with Crippen LogP contribution in [-0.2, 0) is 13.0 Å². The van der Waals surface area contributed by atoms with Crippen LogP contribution < -0.4 is 10.6 Å². The summed E-state index contributed by atoms with van der Waals surface area (Å²) in [6.45, 7) is 2.67. The molecule has 0 radical (unpaired) electrons. The zero-order valence-corrected chi connectivity index (χ0v) is 11.0. The van der Waals surface area contributed by atoms with Crippen molar-refractivity contribution in [2.24, 2.45) is 0 Å². The molecule has 0 aliphatic carbocycles. The number of anilines is 1. The van der Waals surface area contributed by atoms with Gasteiger partial charge in [-0.2, -0.15) is 0 Å². The molecule has 0 aliphatic rings. The van der Waals surface area contributed by atoms with Crippen LogP contribution in [-0.4, -0.2) is 11.0 Å². The highest BCUT2D eigenvalue weighted by Gasteiger charge is 2.03. The van der Waals surface area contributed by atoms with Gasteiger partial charge in [0, 0.05) is 16.0 Å². The number of amides is 2. The van der Waals surface area contributed by atoms with Gasteiger partial charge in [0.1, 0.15) is 5.82 Å². The van der Waals surface area contributed by atoms with E-state index >= 15 is 0 Å². The summed E-state index contributed by atoms with van der Waals surface area (Å²) in [5, 5.41) is 5.48. The highest BCUT2D eigenvalue weighted by molar-refractivity contribution is 7.11. The van der Waals surface area contributed by atoms with Gasteiger partial charge in [-0.1, -0.05) is 13.0 Å². The van der Waals surface area contributed by atoms with E-state index in [2.05, 4.69) is 28.6 Å². The first-order chi connectivity index (χ1) is 8.78. The fourth-order valence-corrected chi connectivity index (χ4v) is 2.37. The minimum atomic E-state index is -0.236. The summed E-state index contributed by atoms with van der Waals surface area (Å²) in [4.78, 5) is 18.1. The molecule has 0 saturated heterocycles. The van der Waals surface area contributed by atoms with Gasteiger partial charge in [0.15, 0.2) is 0 Å². The summed E-state index contributed by atoms with van der Waals surface area (Å²) < 4.78 is 0. The van der Waals surface area contributed by atoms with Crippen molar-refractivity contribution in [3.63, 3.8) is 0 Å². The van der Waals surface area contributed by atoms with Crippen molar-refractivity contribution in [3.8, 4) is 0 Å². The molecule has 0 atom stereocenters. The fraction of sp³-hybridized carbons (Fsp3) is 0.231. The van der Waals surface area contributed by atoms with Gasteiger partial charge in [0.25, 0.3) is 0 Å². The number of pyridine rings is 1. The molecule has 0 aromatic carbocycles. The van der Waals surface area contributed by atoms with Gasteiger partial charge in [-0.25, -0.2) is 9.78 Å². The summed E-state index contributed by atoms with van der Waals surface area (Å²) in [5.41, 5.74) is 0. The van der Waals surface area contributed by atoms with Gasteiger partial charge < -0.3 is 5.32 Å². The van der Waals surface area contributed by atoms with E-state index in [-0.39, 0.29) is 6.03 Å². The molecule has 2 amide bonds. The lowest BCUT2D eigenvalue weighted by atomic mass is 10.4. The van der Waals surface area contributed by atoms with E-state index in [1.54, 1.807) is 29.7 Å². The lowest BCUT2D eigenvalue weighted by Gasteiger charge is -2.05. The summed E-state index contributed by atoms with van der Waals surface area (Å²) >= 11 is 1.72. The van der Waals surface area contributed by atoms with Crippen molar-refractivity contribution >= 4 is 23.2 Å². The summed E-state index contributed by atoms with van der Waals surface area (Å²) in [5.74, 6) is 0.551. The smallest absolute Gasteiger partial charge is 0.320 e. The first-order valence-corrected chi connectivity index (χ1v) is 6.63. The average Bonchev–Trinajstić information content (AvgIpc) is 2.85. The molecule has 2 N–H and O–H groups in total. The number of hydrogen-bond acceptors (Lipinski definition) is 3. The Hall–Kier alpha value is -1.88. The van der Waals surface area contributed by atoms with Gasteiger partial charge in [-0.05, 0) is 30.7 Å². The minimum absolute atomic E-state index is 0.236. The van der Waals surface area contributed by atoms with E-state index in [1.165, 1.54) is 4.88 Å². The quantitative estimate of drug-likeness (QED) is 0.888. The van der Waals surface area contributed by atoms with Gasteiger partial charge in [0.2, 0.25) is 0 Å². The third-order valence-electron chi connectivity index (χ3n) is 2.40. The van der Waals surface area contributed by atoms with Gasteiger partial charge in [-0.15, -0.1) is 11.3 Å². The number of hydrogen-bond donors (Lipinski definition) is 2. The zero-order chi connectivity index (χ0) is 12.8. The number of aromatic nitrogens is 1. The molecule has 0 bridgehead atoms. The molecular formula is C13H15N3OS. The molecule has 2 heterocycles. The second-order valence-electron chi connectivity index (χ2n) is 3.74. The van der Waals surface area contributed by atoms with Crippen LogP contribution in [0.2, 0.25) is 0 Å². The van der Waals surface area contributed by atoms with E-state index in [4.69, 9.17) is 0 Å². The largest absolute Gasteiger partial charge is 0.333 e. The lowest BCUT2D eigenvalue weighted by Crippen LogP contribution is -2.28. The number of carbonyl (C=O) groups is 1. The topological polar surface area (TPSA) is 54.0 Å². The average molecular weight is 261 g/mol. The molecule has 2 rings (SSSR count). The molecule has 2 aromatic heterocycles. The van der Waals surface area contributed by atoms with E-state index in [1.807, 2.05) is 12.1 Å². The van der Waals surface area contributed by atoms with Gasteiger partial charge >= 0.3 is 6.03 Å². The molecule has 0 fully saturated rings. The molecule has 94 valence electrons. The van der Waals surface area contributed by atoms with Crippen molar-refractivity contribution in [1.82, 2.24) is 10.3 Å². The van der Waals surface area contributed by atoms with Crippen LogP contribution in [0.4, 0.5) is 10.6 Å². The number of aryl methyl sites for hydroxylation is 1. The van der Waals surface area contributed by atoms with Crippen molar-refractivity contribution in [3.05, 3.63) is 46.3 Å². The monoisotopic (exact) mass is 261 g/mol. The first kappa shape index (κ1) is 12.6. The normalized spacial score (nSPS) is 10.1.